The van der Waals surface area contributed by atoms with Crippen LogP contribution in [0.5, 0.6) is 0 Å². The van der Waals surface area contributed by atoms with Crippen LogP contribution in [0.15, 0.2) is 36.4 Å². The molecule has 1 heterocycles. The molecule has 1 aromatic rings. The van der Waals surface area contributed by atoms with E-state index in [9.17, 15) is 4.79 Å². The van der Waals surface area contributed by atoms with Crippen LogP contribution in [0.25, 0.3) is 6.08 Å². The Kier molecular flexibility index (Phi) is 7.99. The zero-order chi connectivity index (χ0) is 17.2. The van der Waals surface area contributed by atoms with Crippen molar-refractivity contribution in [2.45, 2.75) is 20.3 Å². The number of nitrogens with zero attached hydrogens (tertiary/aromatic N) is 3. The second-order valence-electron chi connectivity index (χ2n) is 6.27. The van der Waals surface area contributed by atoms with Crippen molar-refractivity contribution >= 4 is 12.0 Å². The third-order valence-electron chi connectivity index (χ3n) is 4.73. The molecule has 0 N–H and O–H groups in total. The summed E-state index contributed by atoms with van der Waals surface area (Å²) in [4.78, 5) is 19.1. The van der Waals surface area contributed by atoms with Gasteiger partial charge in [-0.1, -0.05) is 56.3 Å². The SMILES string of the molecule is CCN(CC)CCC(=O)N1CCN(C/C=C/c2ccccc2)CC1. The highest BCUT2D eigenvalue weighted by molar-refractivity contribution is 5.76. The Morgan fingerprint density at radius 1 is 1.08 bits per heavy atom. The van der Waals surface area contributed by atoms with Crippen LogP contribution in [0, 0.1) is 0 Å². The van der Waals surface area contributed by atoms with E-state index in [2.05, 4.69) is 60.1 Å². The van der Waals surface area contributed by atoms with Gasteiger partial charge in [0.1, 0.15) is 0 Å². The fourth-order valence-corrected chi connectivity index (χ4v) is 3.03. The van der Waals surface area contributed by atoms with Crippen LogP contribution in [0.1, 0.15) is 25.8 Å². The Hall–Kier alpha value is -1.65. The summed E-state index contributed by atoms with van der Waals surface area (Å²) >= 11 is 0. The first kappa shape index (κ1) is 18.7. The normalized spacial score (nSPS) is 16.2. The summed E-state index contributed by atoms with van der Waals surface area (Å²) < 4.78 is 0. The van der Waals surface area contributed by atoms with Crippen LogP contribution in [0.3, 0.4) is 0 Å². The van der Waals surface area contributed by atoms with Gasteiger partial charge in [-0.05, 0) is 18.7 Å². The zero-order valence-electron chi connectivity index (χ0n) is 15.2. The van der Waals surface area contributed by atoms with Crippen molar-refractivity contribution in [1.29, 1.82) is 0 Å². The average molecular weight is 329 g/mol. The number of hydrogen-bond acceptors (Lipinski definition) is 3. The number of amides is 1. The third kappa shape index (κ3) is 6.10. The number of carbonyl (C=O) groups is 1. The van der Waals surface area contributed by atoms with E-state index in [0.717, 1.165) is 52.4 Å². The highest BCUT2D eigenvalue weighted by atomic mass is 16.2. The minimum atomic E-state index is 0.307. The van der Waals surface area contributed by atoms with Crippen molar-refractivity contribution in [3.63, 3.8) is 0 Å². The molecule has 24 heavy (non-hydrogen) atoms. The number of carbonyl (C=O) groups excluding carboxylic acids is 1. The molecular formula is C20H31N3O. The molecule has 0 bridgehead atoms. The molecule has 132 valence electrons. The lowest BCUT2D eigenvalue weighted by molar-refractivity contribution is -0.133. The second kappa shape index (κ2) is 10.3. The summed E-state index contributed by atoms with van der Waals surface area (Å²) in [5.41, 5.74) is 1.24. The molecule has 0 unspecified atom stereocenters. The molecule has 1 fully saturated rings. The van der Waals surface area contributed by atoms with Crippen LogP contribution in [0.4, 0.5) is 0 Å². The van der Waals surface area contributed by atoms with Gasteiger partial charge in [-0.2, -0.15) is 0 Å². The van der Waals surface area contributed by atoms with E-state index in [1.54, 1.807) is 0 Å². The quantitative estimate of drug-likeness (QED) is 0.733. The summed E-state index contributed by atoms with van der Waals surface area (Å²) in [6.45, 7) is 11.8. The van der Waals surface area contributed by atoms with E-state index < -0.39 is 0 Å². The Labute approximate surface area is 146 Å². The van der Waals surface area contributed by atoms with E-state index >= 15 is 0 Å². The van der Waals surface area contributed by atoms with Gasteiger partial charge < -0.3 is 9.80 Å². The molecule has 1 amide bonds. The summed E-state index contributed by atoms with van der Waals surface area (Å²) in [6, 6.07) is 10.4. The van der Waals surface area contributed by atoms with E-state index in [1.165, 1.54) is 5.56 Å². The van der Waals surface area contributed by atoms with Gasteiger partial charge in [0.05, 0.1) is 0 Å². The first-order valence-corrected chi connectivity index (χ1v) is 9.17. The topological polar surface area (TPSA) is 26.8 Å². The first-order valence-electron chi connectivity index (χ1n) is 9.17. The van der Waals surface area contributed by atoms with Gasteiger partial charge in [0.25, 0.3) is 0 Å². The minimum Gasteiger partial charge on any atom is -0.340 e. The van der Waals surface area contributed by atoms with Crippen molar-refractivity contribution in [3.8, 4) is 0 Å². The van der Waals surface area contributed by atoms with Gasteiger partial charge in [0, 0.05) is 45.7 Å². The maximum absolute atomic E-state index is 12.3. The monoisotopic (exact) mass is 329 g/mol. The Bertz CT molecular complexity index is 503. The van der Waals surface area contributed by atoms with E-state index in [0.29, 0.717) is 12.3 Å². The molecule has 0 radical (unpaired) electrons. The van der Waals surface area contributed by atoms with Crippen LogP contribution >= 0.6 is 0 Å². The lowest BCUT2D eigenvalue weighted by atomic mass is 10.2. The lowest BCUT2D eigenvalue weighted by Crippen LogP contribution is -2.49. The molecule has 0 saturated carbocycles. The Morgan fingerprint density at radius 2 is 1.75 bits per heavy atom. The summed E-state index contributed by atoms with van der Waals surface area (Å²) in [5.74, 6) is 0.307. The minimum absolute atomic E-state index is 0.307. The molecule has 0 aromatic heterocycles. The van der Waals surface area contributed by atoms with Crippen molar-refractivity contribution in [1.82, 2.24) is 14.7 Å². The lowest BCUT2D eigenvalue weighted by Gasteiger charge is -2.34. The Balaban J connectivity index is 1.67. The van der Waals surface area contributed by atoms with Gasteiger partial charge in [-0.3, -0.25) is 9.69 Å². The van der Waals surface area contributed by atoms with Gasteiger partial charge in [-0.25, -0.2) is 0 Å². The van der Waals surface area contributed by atoms with Crippen molar-refractivity contribution in [2.24, 2.45) is 0 Å². The molecule has 1 saturated heterocycles. The summed E-state index contributed by atoms with van der Waals surface area (Å²) in [5, 5.41) is 0. The smallest absolute Gasteiger partial charge is 0.223 e. The molecule has 0 aliphatic carbocycles. The first-order chi connectivity index (χ1) is 11.7. The fraction of sp³-hybridized carbons (Fsp3) is 0.550. The standard InChI is InChI=1S/C20H31N3O/c1-3-21(4-2)14-12-20(24)23-17-15-22(16-18-23)13-8-11-19-9-6-5-7-10-19/h5-11H,3-4,12-18H2,1-2H3/b11-8+. The van der Waals surface area contributed by atoms with Crippen LogP contribution < -0.4 is 0 Å². The van der Waals surface area contributed by atoms with Gasteiger partial charge >= 0.3 is 0 Å². The number of benzene rings is 1. The molecule has 4 nitrogen and oxygen atoms in total. The van der Waals surface area contributed by atoms with E-state index in [4.69, 9.17) is 0 Å². The summed E-state index contributed by atoms with van der Waals surface area (Å²) in [6.07, 6.45) is 5.03. The Morgan fingerprint density at radius 3 is 2.38 bits per heavy atom. The third-order valence-corrected chi connectivity index (χ3v) is 4.73. The highest BCUT2D eigenvalue weighted by Gasteiger charge is 2.20. The number of rotatable bonds is 8. The molecule has 0 atom stereocenters. The predicted octanol–water partition coefficient (Wildman–Crippen LogP) is 2.58. The maximum Gasteiger partial charge on any atom is 0.223 e. The van der Waals surface area contributed by atoms with Crippen molar-refractivity contribution in [3.05, 3.63) is 42.0 Å². The van der Waals surface area contributed by atoms with E-state index in [-0.39, 0.29) is 0 Å². The van der Waals surface area contributed by atoms with Gasteiger partial charge in [0.15, 0.2) is 0 Å². The van der Waals surface area contributed by atoms with Gasteiger partial charge in [0.2, 0.25) is 5.91 Å². The number of hydrogen-bond donors (Lipinski definition) is 0. The molecule has 4 heteroatoms. The number of piperazine rings is 1. The zero-order valence-corrected chi connectivity index (χ0v) is 15.2. The molecule has 1 aliphatic heterocycles. The predicted molar refractivity (Wildman–Crippen MR) is 101 cm³/mol. The van der Waals surface area contributed by atoms with Crippen LogP contribution in [0.2, 0.25) is 0 Å². The van der Waals surface area contributed by atoms with Crippen LogP contribution in [-0.4, -0.2) is 73.0 Å². The average Bonchev–Trinajstić information content (AvgIpc) is 2.64. The van der Waals surface area contributed by atoms with Crippen molar-refractivity contribution < 1.29 is 4.79 Å². The molecular weight excluding hydrogens is 298 g/mol. The van der Waals surface area contributed by atoms with Crippen molar-refractivity contribution in [2.75, 3.05) is 52.4 Å². The molecule has 2 rings (SSSR count). The molecule has 0 spiro atoms. The van der Waals surface area contributed by atoms with E-state index in [1.807, 2.05) is 11.0 Å². The molecule has 1 aromatic carbocycles. The second-order valence-corrected chi connectivity index (χ2v) is 6.27. The van der Waals surface area contributed by atoms with Crippen LogP contribution in [-0.2, 0) is 4.79 Å². The highest BCUT2D eigenvalue weighted by Crippen LogP contribution is 2.06. The largest absolute Gasteiger partial charge is 0.340 e. The molecule has 1 aliphatic rings. The summed E-state index contributed by atoms with van der Waals surface area (Å²) in [7, 11) is 0. The maximum atomic E-state index is 12.3. The van der Waals surface area contributed by atoms with Gasteiger partial charge in [-0.15, -0.1) is 0 Å². The fourth-order valence-electron chi connectivity index (χ4n) is 3.03.